The largest absolute Gasteiger partial charge is 0.313 e. The van der Waals surface area contributed by atoms with Crippen LogP contribution in [0.2, 0.25) is 0 Å². The molecule has 1 fully saturated rings. The number of likely N-dealkylation sites (tertiary alicyclic amines) is 1. The van der Waals surface area contributed by atoms with Crippen LogP contribution in [-0.2, 0) is 4.79 Å². The van der Waals surface area contributed by atoms with Gasteiger partial charge in [0.2, 0.25) is 5.91 Å². The SMILES string of the molecule is CC.CC1=CC(C2=NC(C3CCCN(C4=C(F)C=C(C)CC4)C(=O)C3)=NC2)=NCC1. The molecule has 0 saturated carbocycles. The van der Waals surface area contributed by atoms with Crippen molar-refractivity contribution in [2.45, 2.75) is 66.2 Å². The molecule has 0 aromatic rings. The zero-order valence-corrected chi connectivity index (χ0v) is 18.7. The van der Waals surface area contributed by atoms with Gasteiger partial charge in [0.05, 0.1) is 23.7 Å². The number of carbonyl (C=O) groups excluding carboxylic acids is 1. The minimum absolute atomic E-state index is 0.00815. The maximum absolute atomic E-state index is 14.4. The molecular formula is C24H33FN4O. The molecule has 162 valence electrons. The number of amides is 1. The molecule has 3 aliphatic heterocycles. The molecule has 0 spiro atoms. The van der Waals surface area contributed by atoms with Gasteiger partial charge in [-0.05, 0) is 58.1 Å². The minimum atomic E-state index is -0.258. The van der Waals surface area contributed by atoms with Crippen molar-refractivity contribution >= 4 is 23.2 Å². The van der Waals surface area contributed by atoms with E-state index in [4.69, 9.17) is 4.99 Å². The molecule has 6 heteroatoms. The van der Waals surface area contributed by atoms with Crippen LogP contribution in [0.3, 0.4) is 0 Å². The molecule has 5 nitrogen and oxygen atoms in total. The quantitative estimate of drug-likeness (QED) is 0.628. The third kappa shape index (κ3) is 5.02. The van der Waals surface area contributed by atoms with Gasteiger partial charge in [0, 0.05) is 25.4 Å². The maximum atomic E-state index is 14.4. The second-order valence-corrected chi connectivity index (χ2v) is 8.11. The lowest BCUT2D eigenvalue weighted by Gasteiger charge is -2.26. The van der Waals surface area contributed by atoms with Gasteiger partial charge in [-0.2, -0.15) is 0 Å². The van der Waals surface area contributed by atoms with E-state index in [1.165, 1.54) is 5.57 Å². The van der Waals surface area contributed by atoms with Crippen LogP contribution in [-0.4, -0.2) is 47.7 Å². The predicted molar refractivity (Wildman–Crippen MR) is 122 cm³/mol. The zero-order valence-electron chi connectivity index (χ0n) is 18.7. The van der Waals surface area contributed by atoms with Crippen molar-refractivity contribution in [3.63, 3.8) is 0 Å². The highest BCUT2D eigenvalue weighted by Crippen LogP contribution is 2.31. The van der Waals surface area contributed by atoms with E-state index < -0.39 is 0 Å². The minimum Gasteiger partial charge on any atom is -0.313 e. The highest BCUT2D eigenvalue weighted by Gasteiger charge is 2.32. The summed E-state index contributed by atoms with van der Waals surface area (Å²) in [5.41, 5.74) is 4.72. The highest BCUT2D eigenvalue weighted by atomic mass is 19.1. The third-order valence-corrected chi connectivity index (χ3v) is 5.86. The van der Waals surface area contributed by atoms with Crippen molar-refractivity contribution in [1.82, 2.24) is 4.90 Å². The fraction of sp³-hybridized carbons (Fsp3) is 0.583. The molecule has 1 saturated heterocycles. The molecule has 0 aromatic carbocycles. The first-order chi connectivity index (χ1) is 14.5. The van der Waals surface area contributed by atoms with Crippen molar-refractivity contribution in [2.24, 2.45) is 20.9 Å². The summed E-state index contributed by atoms with van der Waals surface area (Å²) in [6.07, 6.45) is 8.09. The van der Waals surface area contributed by atoms with Crippen LogP contribution >= 0.6 is 0 Å². The summed E-state index contributed by atoms with van der Waals surface area (Å²) in [6.45, 7) is 9.95. The van der Waals surface area contributed by atoms with E-state index in [-0.39, 0.29) is 17.7 Å². The molecule has 0 bridgehead atoms. The van der Waals surface area contributed by atoms with Gasteiger partial charge in [0.1, 0.15) is 11.7 Å². The molecular weight excluding hydrogens is 379 g/mol. The number of allylic oxidation sites excluding steroid dienone is 5. The van der Waals surface area contributed by atoms with Gasteiger partial charge in [0.25, 0.3) is 0 Å². The average Bonchev–Trinajstić information content (AvgIpc) is 3.15. The Balaban J connectivity index is 0.00000124. The Hall–Kier alpha value is -2.37. The van der Waals surface area contributed by atoms with Crippen LogP contribution in [0.4, 0.5) is 4.39 Å². The topological polar surface area (TPSA) is 57.4 Å². The monoisotopic (exact) mass is 412 g/mol. The number of rotatable bonds is 3. The van der Waals surface area contributed by atoms with Gasteiger partial charge in [-0.1, -0.05) is 25.0 Å². The first kappa shape index (κ1) is 22.3. The van der Waals surface area contributed by atoms with E-state index >= 15 is 0 Å². The first-order valence-electron chi connectivity index (χ1n) is 11.2. The lowest BCUT2D eigenvalue weighted by molar-refractivity contribution is -0.129. The van der Waals surface area contributed by atoms with E-state index in [2.05, 4.69) is 23.0 Å². The molecule has 4 rings (SSSR count). The van der Waals surface area contributed by atoms with Crippen LogP contribution < -0.4 is 0 Å². The molecule has 4 aliphatic rings. The smallest absolute Gasteiger partial charge is 0.227 e. The molecule has 30 heavy (non-hydrogen) atoms. The summed E-state index contributed by atoms with van der Waals surface area (Å²) in [5.74, 6) is 0.497. The van der Waals surface area contributed by atoms with Gasteiger partial charge in [-0.25, -0.2) is 9.38 Å². The lowest BCUT2D eigenvalue weighted by atomic mass is 9.99. The summed E-state index contributed by atoms with van der Waals surface area (Å²) in [5, 5.41) is 0. The number of dihydropyridines is 1. The Morgan fingerprint density at radius 3 is 2.57 bits per heavy atom. The van der Waals surface area contributed by atoms with Crippen LogP contribution in [0.25, 0.3) is 0 Å². The van der Waals surface area contributed by atoms with Gasteiger partial charge in [0.15, 0.2) is 0 Å². The third-order valence-electron chi connectivity index (χ3n) is 5.86. The first-order valence-corrected chi connectivity index (χ1v) is 11.2. The number of nitrogens with zero attached hydrogens (tertiary/aromatic N) is 4. The van der Waals surface area contributed by atoms with Gasteiger partial charge < -0.3 is 4.90 Å². The van der Waals surface area contributed by atoms with E-state index in [0.29, 0.717) is 31.6 Å². The summed E-state index contributed by atoms with van der Waals surface area (Å²) in [4.78, 5) is 28.5. The second-order valence-electron chi connectivity index (χ2n) is 8.11. The normalized spacial score (nSPS) is 24.8. The zero-order chi connectivity index (χ0) is 21.7. The number of amidine groups is 1. The molecule has 1 amide bonds. The molecule has 0 radical (unpaired) electrons. The second kappa shape index (κ2) is 10.1. The number of carbonyl (C=O) groups is 1. The summed E-state index contributed by atoms with van der Waals surface area (Å²) in [6, 6.07) is 0. The van der Waals surface area contributed by atoms with Crippen LogP contribution in [0.5, 0.6) is 0 Å². The van der Waals surface area contributed by atoms with Gasteiger partial charge >= 0.3 is 0 Å². The number of halogens is 1. The Labute approximate surface area is 179 Å². The molecule has 1 unspecified atom stereocenters. The fourth-order valence-electron chi connectivity index (χ4n) is 4.22. The van der Waals surface area contributed by atoms with E-state index in [1.807, 2.05) is 20.8 Å². The average molecular weight is 413 g/mol. The van der Waals surface area contributed by atoms with Crippen molar-refractivity contribution in [2.75, 3.05) is 19.6 Å². The van der Waals surface area contributed by atoms with Crippen LogP contribution in [0, 0.1) is 5.92 Å². The van der Waals surface area contributed by atoms with Gasteiger partial charge in [-0.3, -0.25) is 14.8 Å². The molecule has 0 aromatic heterocycles. The van der Waals surface area contributed by atoms with Crippen molar-refractivity contribution < 1.29 is 9.18 Å². The van der Waals surface area contributed by atoms with Crippen molar-refractivity contribution in [3.05, 3.63) is 34.8 Å². The number of aliphatic imine (C=N–C) groups is 3. The Kier molecular flexibility index (Phi) is 7.51. The predicted octanol–water partition coefficient (Wildman–Crippen LogP) is 5.21. The Morgan fingerprint density at radius 2 is 1.83 bits per heavy atom. The summed E-state index contributed by atoms with van der Waals surface area (Å²) >= 11 is 0. The molecule has 3 heterocycles. The molecule has 1 aliphatic carbocycles. The van der Waals surface area contributed by atoms with Crippen molar-refractivity contribution in [3.8, 4) is 0 Å². The molecule has 1 atom stereocenters. The summed E-state index contributed by atoms with van der Waals surface area (Å²) < 4.78 is 14.4. The van der Waals surface area contributed by atoms with Crippen LogP contribution in [0.15, 0.2) is 49.8 Å². The highest BCUT2D eigenvalue weighted by molar-refractivity contribution is 6.49. The van der Waals surface area contributed by atoms with E-state index in [1.54, 1.807) is 11.0 Å². The van der Waals surface area contributed by atoms with Crippen LogP contribution in [0.1, 0.15) is 66.2 Å². The fourth-order valence-corrected chi connectivity index (χ4v) is 4.22. The molecule has 0 N–H and O–H groups in total. The standard InChI is InChI=1S/C22H27FN4O.C2H6/c1-14-5-6-20(17(23)10-14)27-9-3-4-16(12-21(27)28)22-25-13-19(26-22)18-11-15(2)7-8-24-18;1-2/h10-11,16H,3-9,12-13H2,1-2H3;1-2H3. The Morgan fingerprint density at radius 1 is 1.07 bits per heavy atom. The number of hydrogen-bond donors (Lipinski definition) is 0. The lowest BCUT2D eigenvalue weighted by Crippen LogP contribution is -2.32. The summed E-state index contributed by atoms with van der Waals surface area (Å²) in [7, 11) is 0. The number of hydrogen-bond acceptors (Lipinski definition) is 4. The van der Waals surface area contributed by atoms with E-state index in [9.17, 15) is 9.18 Å². The van der Waals surface area contributed by atoms with Gasteiger partial charge in [-0.15, -0.1) is 0 Å². The van der Waals surface area contributed by atoms with E-state index in [0.717, 1.165) is 55.1 Å². The Bertz CT molecular complexity index is 876. The maximum Gasteiger partial charge on any atom is 0.227 e. The van der Waals surface area contributed by atoms with Crippen molar-refractivity contribution in [1.29, 1.82) is 0 Å².